The average Bonchev–Trinajstić information content (AvgIpc) is 2.81. The summed E-state index contributed by atoms with van der Waals surface area (Å²) in [5, 5.41) is 44.3. The van der Waals surface area contributed by atoms with Gasteiger partial charge in [-0.15, -0.1) is 0 Å². The molecule has 11 nitrogen and oxygen atoms in total. The molecule has 0 fully saturated rings. The Morgan fingerprint density at radius 2 is 1.89 bits per heavy atom. The lowest BCUT2D eigenvalue weighted by atomic mass is 9.58. The molecule has 0 saturated carbocycles. The minimum atomic E-state index is -2.66. The van der Waals surface area contributed by atoms with Crippen molar-refractivity contribution in [1.29, 1.82) is 0 Å². The molecule has 5 rings (SSSR count). The molecule has 0 bridgehead atoms. The number of aromatic hydroxyl groups is 1. The molecule has 1 aromatic carbocycles. The minimum Gasteiger partial charge on any atom is -0.510 e. The van der Waals surface area contributed by atoms with E-state index in [1.165, 1.54) is 29.6 Å². The molecule has 0 spiro atoms. The number of likely N-dealkylation sites (N-methyl/N-ethyl adjacent to an activating group) is 1. The predicted molar refractivity (Wildman–Crippen MR) is 125 cm³/mol. The number of aromatic nitrogens is 2. The molecule has 1 unspecified atom stereocenters. The SMILES string of the molecule is CN(C)C1C(O)=C(C(N)=O)C(=O)[C@]2(O)C(O)=C3C(=O)c4c(O)ccc(-c5cnccn5)c4C[C@@H]3C[C@H]12. The normalized spacial score (nSPS) is 27.6. The molecular weight excluding hydrogens is 468 g/mol. The summed E-state index contributed by atoms with van der Waals surface area (Å²) in [7, 11) is 3.16. The van der Waals surface area contributed by atoms with E-state index < -0.39 is 58.0 Å². The standard InChI is InChI=1S/C25H24N4O7/c1-29(2)19-13-8-10-7-12-11(14-9-27-5-6-28-14)3-4-15(30)17(12)20(31)16(10)22(33)25(13,36)23(34)18(21(19)32)24(26)35/h3-6,9-10,13,19,30,32-33,36H,7-8H2,1-2H3,(H2,26,35)/t10-,13-,19?,25-/m1/s1. The summed E-state index contributed by atoms with van der Waals surface area (Å²) in [5.74, 6) is -6.85. The van der Waals surface area contributed by atoms with Crippen LogP contribution in [0.3, 0.4) is 0 Å². The summed E-state index contributed by atoms with van der Waals surface area (Å²) in [4.78, 5) is 48.9. The highest BCUT2D eigenvalue weighted by atomic mass is 16.3. The molecule has 1 aromatic heterocycles. The van der Waals surface area contributed by atoms with Crippen LogP contribution in [0.1, 0.15) is 22.3 Å². The van der Waals surface area contributed by atoms with Gasteiger partial charge in [-0.1, -0.05) is 0 Å². The fourth-order valence-corrected chi connectivity index (χ4v) is 5.93. The number of ketones is 2. The number of aliphatic hydroxyl groups is 3. The molecule has 3 aliphatic rings. The van der Waals surface area contributed by atoms with Crippen LogP contribution in [0.25, 0.3) is 11.3 Å². The molecule has 0 aliphatic heterocycles. The van der Waals surface area contributed by atoms with Crippen LogP contribution in [-0.2, 0) is 16.0 Å². The third-order valence-corrected chi connectivity index (χ3v) is 7.45. The van der Waals surface area contributed by atoms with E-state index in [0.717, 1.165) is 0 Å². The topological polar surface area (TPSA) is 187 Å². The Morgan fingerprint density at radius 1 is 1.17 bits per heavy atom. The van der Waals surface area contributed by atoms with Crippen LogP contribution >= 0.6 is 0 Å². The van der Waals surface area contributed by atoms with Crippen molar-refractivity contribution in [3.05, 3.63) is 64.5 Å². The highest BCUT2D eigenvalue weighted by molar-refractivity contribution is 6.24. The molecule has 1 heterocycles. The summed E-state index contributed by atoms with van der Waals surface area (Å²) >= 11 is 0. The fourth-order valence-electron chi connectivity index (χ4n) is 5.93. The van der Waals surface area contributed by atoms with Crippen LogP contribution in [0.5, 0.6) is 5.75 Å². The van der Waals surface area contributed by atoms with Crippen molar-refractivity contribution in [2.75, 3.05) is 14.1 Å². The number of allylic oxidation sites excluding steroid dienone is 1. The van der Waals surface area contributed by atoms with Gasteiger partial charge in [0.15, 0.2) is 11.4 Å². The molecule has 2 aromatic rings. The fraction of sp³-hybridized carbons (Fsp3) is 0.320. The first-order valence-corrected chi connectivity index (χ1v) is 11.3. The Kier molecular flexibility index (Phi) is 5.23. The van der Waals surface area contributed by atoms with E-state index in [1.807, 2.05) is 0 Å². The van der Waals surface area contributed by atoms with E-state index in [0.29, 0.717) is 16.8 Å². The number of hydrogen-bond acceptors (Lipinski definition) is 10. The van der Waals surface area contributed by atoms with Crippen LogP contribution in [0.15, 0.2) is 53.4 Å². The van der Waals surface area contributed by atoms with E-state index >= 15 is 0 Å². The van der Waals surface area contributed by atoms with Gasteiger partial charge in [0.1, 0.15) is 22.8 Å². The molecule has 186 valence electrons. The monoisotopic (exact) mass is 492 g/mol. The van der Waals surface area contributed by atoms with Crippen molar-refractivity contribution < 1.29 is 34.8 Å². The lowest BCUT2D eigenvalue weighted by Gasteiger charge is -2.50. The summed E-state index contributed by atoms with van der Waals surface area (Å²) in [6.45, 7) is 0. The molecule has 3 aliphatic carbocycles. The minimum absolute atomic E-state index is 0.0152. The first-order valence-electron chi connectivity index (χ1n) is 11.3. The van der Waals surface area contributed by atoms with Gasteiger partial charge >= 0.3 is 0 Å². The highest BCUT2D eigenvalue weighted by Crippen LogP contribution is 2.52. The zero-order chi connectivity index (χ0) is 26.1. The second-order valence-corrected chi connectivity index (χ2v) is 9.54. The van der Waals surface area contributed by atoms with Gasteiger partial charge in [0.05, 0.1) is 23.5 Å². The first kappa shape index (κ1) is 23.6. The number of carbonyl (C=O) groups is 3. The lowest BCUT2D eigenvalue weighted by Crippen LogP contribution is -2.63. The smallest absolute Gasteiger partial charge is 0.255 e. The largest absolute Gasteiger partial charge is 0.510 e. The van der Waals surface area contributed by atoms with Gasteiger partial charge in [-0.25, -0.2) is 0 Å². The van der Waals surface area contributed by atoms with Gasteiger partial charge < -0.3 is 26.2 Å². The van der Waals surface area contributed by atoms with Crippen LogP contribution in [-0.4, -0.2) is 78.5 Å². The third kappa shape index (κ3) is 3.02. The molecule has 6 N–H and O–H groups in total. The maximum absolute atomic E-state index is 13.7. The number of benzene rings is 1. The number of nitrogens with zero attached hydrogens (tertiary/aromatic N) is 3. The Bertz CT molecular complexity index is 1400. The number of Topliss-reactive ketones (excluding diaryl/α,β-unsaturated/α-hetero) is 2. The number of fused-ring (bicyclic) bond motifs is 3. The van der Waals surface area contributed by atoms with E-state index in [2.05, 4.69) is 9.97 Å². The molecule has 0 saturated heterocycles. The van der Waals surface area contributed by atoms with Crippen molar-refractivity contribution in [2.24, 2.45) is 17.6 Å². The van der Waals surface area contributed by atoms with Crippen molar-refractivity contribution >= 4 is 17.5 Å². The number of aliphatic hydroxyl groups excluding tert-OH is 2. The van der Waals surface area contributed by atoms with Crippen molar-refractivity contribution in [2.45, 2.75) is 24.5 Å². The maximum atomic E-state index is 13.7. The second kappa shape index (κ2) is 7.97. The number of amides is 1. The van der Waals surface area contributed by atoms with Gasteiger partial charge in [-0.2, -0.15) is 0 Å². The third-order valence-electron chi connectivity index (χ3n) is 7.45. The van der Waals surface area contributed by atoms with E-state index in [1.54, 1.807) is 20.2 Å². The summed E-state index contributed by atoms with van der Waals surface area (Å²) < 4.78 is 0. The number of phenolic OH excluding ortho intramolecular Hbond substituents is 1. The number of primary amides is 1. The maximum Gasteiger partial charge on any atom is 0.255 e. The number of phenols is 1. The summed E-state index contributed by atoms with van der Waals surface area (Å²) in [6, 6.07) is 1.91. The zero-order valence-electron chi connectivity index (χ0n) is 19.5. The van der Waals surface area contributed by atoms with Gasteiger partial charge in [0.2, 0.25) is 5.78 Å². The number of nitrogens with two attached hydrogens (primary N) is 1. The lowest BCUT2D eigenvalue weighted by molar-refractivity contribution is -0.148. The van der Waals surface area contributed by atoms with Crippen LogP contribution < -0.4 is 5.73 Å². The Hall–Kier alpha value is -4.09. The van der Waals surface area contributed by atoms with Crippen LogP contribution in [0, 0.1) is 11.8 Å². The number of carbonyl (C=O) groups excluding carboxylic acids is 3. The first-order chi connectivity index (χ1) is 17.0. The number of rotatable bonds is 3. The summed E-state index contributed by atoms with van der Waals surface area (Å²) in [6.07, 6.45) is 4.72. The second-order valence-electron chi connectivity index (χ2n) is 9.54. The predicted octanol–water partition coefficient (Wildman–Crippen LogP) is 0.578. The van der Waals surface area contributed by atoms with Crippen LogP contribution in [0.4, 0.5) is 0 Å². The van der Waals surface area contributed by atoms with E-state index in [-0.39, 0.29) is 29.7 Å². The van der Waals surface area contributed by atoms with Gasteiger partial charge in [-0.3, -0.25) is 29.3 Å². The molecule has 36 heavy (non-hydrogen) atoms. The van der Waals surface area contributed by atoms with E-state index in [9.17, 15) is 34.8 Å². The number of hydrogen-bond donors (Lipinski definition) is 5. The molecule has 11 heteroatoms. The summed E-state index contributed by atoms with van der Waals surface area (Å²) in [5.41, 5.74) is 3.11. The zero-order valence-corrected chi connectivity index (χ0v) is 19.5. The Morgan fingerprint density at radius 3 is 2.50 bits per heavy atom. The van der Waals surface area contributed by atoms with Gasteiger partial charge in [0, 0.05) is 29.4 Å². The van der Waals surface area contributed by atoms with Crippen molar-refractivity contribution in [3.8, 4) is 17.0 Å². The van der Waals surface area contributed by atoms with Crippen LogP contribution in [0.2, 0.25) is 0 Å². The molecule has 4 atom stereocenters. The van der Waals surface area contributed by atoms with E-state index in [4.69, 9.17) is 5.73 Å². The molecule has 1 amide bonds. The average molecular weight is 492 g/mol. The van der Waals surface area contributed by atoms with Gasteiger partial charge in [-0.05, 0) is 50.6 Å². The van der Waals surface area contributed by atoms with Crippen molar-refractivity contribution in [3.63, 3.8) is 0 Å². The van der Waals surface area contributed by atoms with Gasteiger partial charge in [0.25, 0.3) is 5.91 Å². The highest BCUT2D eigenvalue weighted by Gasteiger charge is 2.63. The van der Waals surface area contributed by atoms with Crippen molar-refractivity contribution in [1.82, 2.24) is 14.9 Å². The Balaban J connectivity index is 1.73. The quantitative estimate of drug-likeness (QED) is 0.379. The molecular formula is C25H24N4O7. The Labute approximate surface area is 205 Å². The molecule has 0 radical (unpaired) electrons.